The van der Waals surface area contributed by atoms with Gasteiger partial charge in [0.15, 0.2) is 11.3 Å². The van der Waals surface area contributed by atoms with Gasteiger partial charge in [0.25, 0.3) is 5.91 Å². The van der Waals surface area contributed by atoms with E-state index in [0.717, 1.165) is 48.7 Å². The molecule has 160 valence electrons. The van der Waals surface area contributed by atoms with Gasteiger partial charge in [-0.05, 0) is 29.1 Å². The molecule has 0 aliphatic carbocycles. The molecule has 11 heteroatoms. The van der Waals surface area contributed by atoms with Crippen LogP contribution in [-0.4, -0.2) is 59.9 Å². The molecule has 4 heterocycles. The largest absolute Gasteiger partial charge is 0.370 e. The highest BCUT2D eigenvalue weighted by Gasteiger charge is 2.33. The Hall–Kier alpha value is -2.14. The minimum absolute atomic E-state index is 0.0201. The van der Waals surface area contributed by atoms with Gasteiger partial charge in [0, 0.05) is 19.0 Å². The van der Waals surface area contributed by atoms with E-state index in [1.54, 1.807) is 12.1 Å². The Morgan fingerprint density at radius 3 is 2.87 bits per heavy atom. The molecule has 0 saturated carbocycles. The van der Waals surface area contributed by atoms with E-state index >= 15 is 0 Å². The van der Waals surface area contributed by atoms with Crippen molar-refractivity contribution >= 4 is 34.5 Å². The van der Waals surface area contributed by atoms with Crippen molar-refractivity contribution in [3.05, 3.63) is 41.0 Å². The van der Waals surface area contributed by atoms with Crippen LogP contribution in [0.15, 0.2) is 29.6 Å². The Kier molecular flexibility index (Phi) is 6.28. The minimum atomic E-state index is -3.66. The number of quaternary nitrogens is 1. The zero-order valence-corrected chi connectivity index (χ0v) is 17.6. The van der Waals surface area contributed by atoms with Crippen molar-refractivity contribution in [3.8, 4) is 10.6 Å². The number of morpholine rings is 1. The van der Waals surface area contributed by atoms with Gasteiger partial charge < -0.3 is 15.0 Å². The van der Waals surface area contributed by atoms with Crippen LogP contribution in [0.3, 0.4) is 0 Å². The molecule has 1 fully saturated rings. The van der Waals surface area contributed by atoms with Gasteiger partial charge >= 0.3 is 5.38 Å². The average molecular weight is 457 g/mol. The van der Waals surface area contributed by atoms with E-state index in [0.29, 0.717) is 12.2 Å². The Labute approximate surface area is 180 Å². The van der Waals surface area contributed by atoms with E-state index in [1.165, 1.54) is 28.4 Å². The summed E-state index contributed by atoms with van der Waals surface area (Å²) < 4.78 is 34.3. The number of hydrogen-bond acceptors (Lipinski definition) is 5. The first-order valence-corrected chi connectivity index (χ1v) is 10.9. The number of alkyl halides is 3. The SMILES string of the molecule is O=C(NCCC[NH+]1CCOCC1)c1cc2nc(-c3cccs3)cc(C(F)(F)Cl)n2n1. The topological polar surface area (TPSA) is 73.0 Å². The third kappa shape index (κ3) is 4.77. The van der Waals surface area contributed by atoms with Crippen molar-refractivity contribution < 1.29 is 23.2 Å². The van der Waals surface area contributed by atoms with Crippen LogP contribution in [-0.2, 0) is 10.1 Å². The molecule has 1 amide bonds. The van der Waals surface area contributed by atoms with Gasteiger partial charge in [0.2, 0.25) is 0 Å². The highest BCUT2D eigenvalue weighted by molar-refractivity contribution is 7.13. The van der Waals surface area contributed by atoms with E-state index in [9.17, 15) is 13.6 Å². The molecule has 7 nitrogen and oxygen atoms in total. The lowest BCUT2D eigenvalue weighted by atomic mass is 10.2. The molecule has 1 aliphatic rings. The third-order valence-electron chi connectivity index (χ3n) is 4.92. The maximum absolute atomic E-state index is 14.0. The van der Waals surface area contributed by atoms with Crippen LogP contribution in [0.4, 0.5) is 8.78 Å². The van der Waals surface area contributed by atoms with Crippen LogP contribution < -0.4 is 10.2 Å². The Balaban J connectivity index is 1.49. The second-order valence-electron chi connectivity index (χ2n) is 7.02. The lowest BCUT2D eigenvalue weighted by Crippen LogP contribution is -3.14. The van der Waals surface area contributed by atoms with Crippen molar-refractivity contribution in [2.75, 3.05) is 39.4 Å². The summed E-state index contributed by atoms with van der Waals surface area (Å²) in [5.41, 5.74) is -0.0217. The minimum Gasteiger partial charge on any atom is -0.370 e. The molecule has 0 spiro atoms. The smallest absolute Gasteiger partial charge is 0.364 e. The van der Waals surface area contributed by atoms with Gasteiger partial charge in [0.1, 0.15) is 18.8 Å². The van der Waals surface area contributed by atoms with Crippen molar-refractivity contribution in [2.24, 2.45) is 0 Å². The number of halogens is 3. The van der Waals surface area contributed by atoms with Crippen LogP contribution >= 0.6 is 22.9 Å². The molecular formula is C19H21ClF2N5O2S+. The predicted molar refractivity (Wildman–Crippen MR) is 109 cm³/mol. The summed E-state index contributed by atoms with van der Waals surface area (Å²) in [6.45, 7) is 4.86. The summed E-state index contributed by atoms with van der Waals surface area (Å²) in [4.78, 5) is 19.0. The second kappa shape index (κ2) is 8.93. The number of thiophene rings is 1. The van der Waals surface area contributed by atoms with Crippen molar-refractivity contribution in [1.82, 2.24) is 19.9 Å². The zero-order valence-electron chi connectivity index (χ0n) is 16.0. The van der Waals surface area contributed by atoms with Gasteiger partial charge in [-0.3, -0.25) is 4.79 Å². The molecule has 0 atom stereocenters. The Morgan fingerprint density at radius 1 is 1.37 bits per heavy atom. The number of nitrogens with one attached hydrogen (secondary N) is 2. The molecule has 1 aliphatic heterocycles. The van der Waals surface area contributed by atoms with Crippen LogP contribution in [0, 0.1) is 0 Å². The second-order valence-corrected chi connectivity index (χ2v) is 8.45. The first-order valence-electron chi connectivity index (χ1n) is 9.63. The standard InChI is InChI=1S/C19H20ClF2N5O2S/c20-19(21,22)16-11-13(15-3-1-10-30-15)24-17-12-14(25-27(16)17)18(28)23-4-2-5-26-6-8-29-9-7-26/h1,3,10-12H,2,4-9H2,(H,23,28)/p+1. The Morgan fingerprint density at radius 2 is 2.17 bits per heavy atom. The third-order valence-corrected chi connectivity index (χ3v) is 6.00. The van der Waals surface area contributed by atoms with E-state index < -0.39 is 17.0 Å². The lowest BCUT2D eigenvalue weighted by Gasteiger charge is -2.23. The summed E-state index contributed by atoms with van der Waals surface area (Å²) in [7, 11) is 0. The highest BCUT2D eigenvalue weighted by Crippen LogP contribution is 2.35. The summed E-state index contributed by atoms with van der Waals surface area (Å²) in [6, 6.07) is 6.18. The predicted octanol–water partition coefficient (Wildman–Crippen LogP) is 1.78. The molecule has 3 aromatic rings. The van der Waals surface area contributed by atoms with Crippen molar-refractivity contribution in [1.29, 1.82) is 0 Å². The fraction of sp³-hybridized carbons (Fsp3) is 0.421. The normalized spacial score (nSPS) is 15.6. The molecule has 0 radical (unpaired) electrons. The summed E-state index contributed by atoms with van der Waals surface area (Å²) in [6.07, 6.45) is 0.806. The molecule has 0 bridgehead atoms. The molecule has 4 rings (SSSR count). The summed E-state index contributed by atoms with van der Waals surface area (Å²) in [5.74, 6) is -0.431. The number of ether oxygens (including phenoxy) is 1. The first kappa shape index (κ1) is 21.1. The molecule has 1 saturated heterocycles. The number of carbonyl (C=O) groups is 1. The van der Waals surface area contributed by atoms with Gasteiger partial charge in [0.05, 0.1) is 30.3 Å². The number of fused-ring (bicyclic) bond motifs is 1. The quantitative estimate of drug-likeness (QED) is 0.420. The molecule has 30 heavy (non-hydrogen) atoms. The lowest BCUT2D eigenvalue weighted by molar-refractivity contribution is -0.908. The number of amides is 1. The van der Waals surface area contributed by atoms with Crippen molar-refractivity contribution in [3.63, 3.8) is 0 Å². The molecular weight excluding hydrogens is 436 g/mol. The van der Waals surface area contributed by atoms with Gasteiger partial charge in [-0.2, -0.15) is 13.9 Å². The van der Waals surface area contributed by atoms with E-state index in [-0.39, 0.29) is 11.3 Å². The highest BCUT2D eigenvalue weighted by atomic mass is 35.5. The van der Waals surface area contributed by atoms with Crippen LogP contribution in [0.2, 0.25) is 0 Å². The fourth-order valence-electron chi connectivity index (χ4n) is 3.38. The monoisotopic (exact) mass is 456 g/mol. The number of aromatic nitrogens is 3. The average Bonchev–Trinajstić information content (AvgIpc) is 3.40. The van der Waals surface area contributed by atoms with Gasteiger partial charge in [-0.25, -0.2) is 9.50 Å². The van der Waals surface area contributed by atoms with Gasteiger partial charge in [-0.1, -0.05) is 6.07 Å². The number of rotatable bonds is 7. The fourth-order valence-corrected chi connectivity index (χ4v) is 4.20. The molecule has 0 unspecified atom stereocenters. The summed E-state index contributed by atoms with van der Waals surface area (Å²) in [5, 5.41) is 4.99. The number of hydrogen-bond donors (Lipinski definition) is 2. The molecule has 3 aromatic heterocycles. The maximum atomic E-state index is 14.0. The first-order chi connectivity index (χ1) is 14.4. The van der Waals surface area contributed by atoms with E-state index in [2.05, 4.69) is 15.4 Å². The molecule has 2 N–H and O–H groups in total. The summed E-state index contributed by atoms with van der Waals surface area (Å²) >= 11 is 6.68. The number of nitrogens with zero attached hydrogens (tertiary/aromatic N) is 3. The van der Waals surface area contributed by atoms with Crippen LogP contribution in [0.1, 0.15) is 22.6 Å². The zero-order chi connectivity index (χ0) is 21.1. The van der Waals surface area contributed by atoms with E-state index in [4.69, 9.17) is 16.3 Å². The van der Waals surface area contributed by atoms with Crippen LogP contribution in [0.25, 0.3) is 16.2 Å². The Bertz CT molecular complexity index is 1020. The number of carbonyl (C=O) groups excluding carboxylic acids is 1. The molecule has 0 aromatic carbocycles. The van der Waals surface area contributed by atoms with Gasteiger partial charge in [-0.15, -0.1) is 11.3 Å². The van der Waals surface area contributed by atoms with E-state index in [1.807, 2.05) is 5.38 Å². The maximum Gasteiger partial charge on any atom is 0.364 e. The van der Waals surface area contributed by atoms with Crippen LogP contribution in [0.5, 0.6) is 0 Å². The van der Waals surface area contributed by atoms with Crippen molar-refractivity contribution in [2.45, 2.75) is 11.8 Å².